The highest BCUT2D eigenvalue weighted by molar-refractivity contribution is 14.1. The van der Waals surface area contributed by atoms with Gasteiger partial charge in [-0.1, -0.05) is 43.7 Å². The minimum Gasteiger partial charge on any atom is -0.187 e. The highest BCUT2D eigenvalue weighted by atomic mass is 127. The van der Waals surface area contributed by atoms with Crippen molar-refractivity contribution in [2.75, 3.05) is 0 Å². The number of fused-ring (bicyclic) bond motifs is 3. The van der Waals surface area contributed by atoms with Gasteiger partial charge in [-0.05, 0) is 19.3 Å². The van der Waals surface area contributed by atoms with Gasteiger partial charge in [-0.25, -0.2) is 0 Å². The van der Waals surface area contributed by atoms with Crippen LogP contribution in [0.25, 0.3) is 0 Å². The minimum absolute atomic E-state index is 0.825. The van der Waals surface area contributed by atoms with Gasteiger partial charge < -0.3 is 0 Å². The second-order valence-electron chi connectivity index (χ2n) is 6.14. The first-order valence-corrected chi connectivity index (χ1v) is 11.2. The van der Waals surface area contributed by atoms with Gasteiger partial charge in [0.25, 0.3) is 0 Å². The first kappa shape index (κ1) is 16.4. The van der Waals surface area contributed by atoms with Gasteiger partial charge in [-0.15, -0.1) is 5.10 Å². The maximum atomic E-state index is 4.38. The Morgan fingerprint density at radius 2 is 1.52 bits per heavy atom. The molecule has 1 fully saturated rings. The predicted molar refractivity (Wildman–Crippen MR) is 101 cm³/mol. The van der Waals surface area contributed by atoms with Gasteiger partial charge >= 0.3 is 0 Å². The Labute approximate surface area is 150 Å². The van der Waals surface area contributed by atoms with Gasteiger partial charge in [-0.3, -0.25) is 0 Å². The summed E-state index contributed by atoms with van der Waals surface area (Å²) in [7, 11) is 0. The molecule has 0 saturated heterocycles. The smallest absolute Gasteiger partial charge is 0.0976 e. The van der Waals surface area contributed by atoms with Crippen molar-refractivity contribution in [2.45, 2.75) is 79.8 Å². The number of thioether (sulfide) groups is 2. The Hall–Kier alpha value is 0.570. The molecule has 0 N–H and O–H groups in total. The van der Waals surface area contributed by atoms with E-state index in [1.165, 1.54) is 69.2 Å². The van der Waals surface area contributed by atoms with Crippen LogP contribution in [0.15, 0.2) is 0 Å². The third kappa shape index (κ3) is 4.77. The molecule has 3 nitrogen and oxygen atoms in total. The highest BCUT2D eigenvalue weighted by Crippen LogP contribution is 2.37. The molecule has 2 bridgehead atoms. The normalized spacial score (nSPS) is 28.6. The van der Waals surface area contributed by atoms with Crippen LogP contribution < -0.4 is 0 Å². The van der Waals surface area contributed by atoms with Gasteiger partial charge in [0, 0.05) is 22.0 Å². The minimum atomic E-state index is 0.825. The summed E-state index contributed by atoms with van der Waals surface area (Å²) in [5, 5.41) is 10.3. The number of aromatic nitrogens is 3. The summed E-state index contributed by atoms with van der Waals surface area (Å²) in [6, 6.07) is 0. The molecule has 1 aliphatic carbocycles. The summed E-state index contributed by atoms with van der Waals surface area (Å²) in [6.45, 7) is 0. The van der Waals surface area contributed by atoms with Crippen LogP contribution in [0.1, 0.15) is 69.2 Å². The predicted octanol–water partition coefficient (Wildman–Crippen LogP) is 5.22. The molecule has 21 heavy (non-hydrogen) atoms. The third-order valence-electron chi connectivity index (χ3n) is 4.54. The van der Waals surface area contributed by atoms with E-state index in [9.17, 15) is 0 Å². The van der Waals surface area contributed by atoms with E-state index < -0.39 is 0 Å². The Balaban J connectivity index is 1.73. The number of rotatable bonds is 0. The van der Waals surface area contributed by atoms with Crippen molar-refractivity contribution < 1.29 is 0 Å². The molecule has 2 heterocycles. The SMILES string of the molecule is In1nnc2c1CSC1CCCCCCCCC(C1)SC2. The fraction of sp³-hybridized carbons (Fsp3) is 0.867. The van der Waals surface area contributed by atoms with E-state index in [2.05, 4.69) is 56.7 Å². The fourth-order valence-corrected chi connectivity index (χ4v) is 6.84. The van der Waals surface area contributed by atoms with Gasteiger partial charge in [0.2, 0.25) is 0 Å². The zero-order chi connectivity index (χ0) is 14.5. The summed E-state index contributed by atoms with van der Waals surface area (Å²) in [5.41, 5.74) is 2.56. The molecule has 118 valence electrons. The Morgan fingerprint density at radius 1 is 0.905 bits per heavy atom. The molecular formula is C15H24IN3S2. The van der Waals surface area contributed by atoms with Crippen LogP contribution >= 0.6 is 46.4 Å². The monoisotopic (exact) mass is 437 g/mol. The summed E-state index contributed by atoms with van der Waals surface area (Å²) in [5.74, 6) is 2.14. The van der Waals surface area contributed by atoms with Crippen molar-refractivity contribution in [3.63, 3.8) is 0 Å². The first-order valence-electron chi connectivity index (χ1n) is 8.16. The van der Waals surface area contributed by atoms with Crippen molar-refractivity contribution in [3.05, 3.63) is 11.4 Å². The van der Waals surface area contributed by atoms with Gasteiger partial charge in [0.15, 0.2) is 0 Å². The molecule has 2 atom stereocenters. The van der Waals surface area contributed by atoms with Crippen LogP contribution in [0.4, 0.5) is 0 Å². The highest BCUT2D eigenvalue weighted by Gasteiger charge is 2.23. The number of nitrogens with zero attached hydrogens (tertiary/aromatic N) is 3. The summed E-state index contributed by atoms with van der Waals surface area (Å²) in [4.78, 5) is 0. The standard InChI is InChI=1S/C15H24IN3S2/c16-19-15-11-21-13-8-6-4-2-1-3-5-7-12(9-13)20-10-14(15)17-18-19/h12-13H,1-11H2. The topological polar surface area (TPSA) is 30.7 Å². The molecule has 1 aromatic heterocycles. The first-order chi connectivity index (χ1) is 10.3. The molecule has 3 rings (SSSR count). The van der Waals surface area contributed by atoms with E-state index in [1.807, 2.05) is 2.90 Å². The lowest BCUT2D eigenvalue weighted by Crippen LogP contribution is -2.13. The van der Waals surface area contributed by atoms with Crippen LogP contribution in [0.5, 0.6) is 0 Å². The molecule has 1 aliphatic heterocycles. The molecular weight excluding hydrogens is 413 g/mol. The molecule has 1 saturated carbocycles. The van der Waals surface area contributed by atoms with Crippen molar-refractivity contribution in [1.29, 1.82) is 0 Å². The largest absolute Gasteiger partial charge is 0.187 e. The quantitative estimate of drug-likeness (QED) is 0.521. The molecule has 0 aromatic carbocycles. The fourth-order valence-electron chi connectivity index (χ4n) is 3.24. The second-order valence-corrected chi connectivity index (χ2v) is 9.63. The lowest BCUT2D eigenvalue weighted by atomic mass is 10.1. The molecule has 6 heteroatoms. The number of hydrogen-bond acceptors (Lipinski definition) is 4. The zero-order valence-corrected chi connectivity index (χ0v) is 16.3. The summed E-state index contributed by atoms with van der Waals surface area (Å²) < 4.78 is 1.96. The van der Waals surface area contributed by atoms with E-state index in [-0.39, 0.29) is 0 Å². The second kappa shape index (κ2) is 8.43. The number of hydrogen-bond donors (Lipinski definition) is 0. The maximum Gasteiger partial charge on any atom is 0.0976 e. The van der Waals surface area contributed by atoms with Crippen LogP contribution in [0.3, 0.4) is 0 Å². The third-order valence-corrected chi connectivity index (χ3v) is 7.99. The summed E-state index contributed by atoms with van der Waals surface area (Å²) >= 11 is 6.56. The Kier molecular flexibility index (Phi) is 6.59. The van der Waals surface area contributed by atoms with Crippen LogP contribution in [-0.4, -0.2) is 23.7 Å². The molecule has 0 spiro atoms. The lowest BCUT2D eigenvalue weighted by Gasteiger charge is -2.21. The van der Waals surface area contributed by atoms with Crippen LogP contribution in [0, 0.1) is 0 Å². The van der Waals surface area contributed by atoms with E-state index in [0.29, 0.717) is 0 Å². The van der Waals surface area contributed by atoms with Crippen LogP contribution in [-0.2, 0) is 11.5 Å². The molecule has 0 radical (unpaired) electrons. The number of halogens is 1. The van der Waals surface area contributed by atoms with E-state index in [0.717, 1.165) is 22.0 Å². The van der Waals surface area contributed by atoms with E-state index in [1.54, 1.807) is 0 Å². The molecule has 1 aromatic rings. The lowest BCUT2D eigenvalue weighted by molar-refractivity contribution is 0.587. The average Bonchev–Trinajstić information content (AvgIpc) is 2.83. The van der Waals surface area contributed by atoms with Crippen molar-refractivity contribution >= 4 is 46.4 Å². The van der Waals surface area contributed by atoms with Gasteiger partial charge in [0.1, 0.15) is 0 Å². The van der Waals surface area contributed by atoms with Gasteiger partial charge in [-0.2, -0.15) is 26.4 Å². The van der Waals surface area contributed by atoms with E-state index in [4.69, 9.17) is 0 Å². The van der Waals surface area contributed by atoms with Crippen molar-refractivity contribution in [3.8, 4) is 0 Å². The molecule has 0 amide bonds. The average molecular weight is 437 g/mol. The van der Waals surface area contributed by atoms with Crippen LogP contribution in [0.2, 0.25) is 0 Å². The molecule has 2 unspecified atom stereocenters. The Morgan fingerprint density at radius 3 is 2.24 bits per heavy atom. The maximum absolute atomic E-state index is 4.38. The molecule has 2 aliphatic rings. The zero-order valence-electron chi connectivity index (χ0n) is 12.5. The summed E-state index contributed by atoms with van der Waals surface area (Å²) in [6.07, 6.45) is 12.8. The van der Waals surface area contributed by atoms with Crippen molar-refractivity contribution in [2.24, 2.45) is 0 Å². The van der Waals surface area contributed by atoms with E-state index >= 15 is 0 Å². The Bertz CT molecular complexity index is 452. The van der Waals surface area contributed by atoms with Gasteiger partial charge in [0.05, 0.1) is 34.3 Å². The van der Waals surface area contributed by atoms with Crippen molar-refractivity contribution in [1.82, 2.24) is 13.2 Å².